The first-order valence-electron chi connectivity index (χ1n) is 8.58. The summed E-state index contributed by atoms with van der Waals surface area (Å²) < 4.78 is 7.20. The van der Waals surface area contributed by atoms with Crippen LogP contribution in [0.1, 0.15) is 25.8 Å². The largest absolute Gasteiger partial charge is 0.496 e. The summed E-state index contributed by atoms with van der Waals surface area (Å²) in [6.07, 6.45) is 2.37. The third-order valence-corrected chi connectivity index (χ3v) is 4.90. The van der Waals surface area contributed by atoms with Gasteiger partial charge in [0, 0.05) is 16.2 Å². The Morgan fingerprint density at radius 1 is 1.27 bits per heavy atom. The van der Waals surface area contributed by atoms with Crippen LogP contribution >= 0.6 is 11.6 Å². The van der Waals surface area contributed by atoms with Gasteiger partial charge in [-0.15, -0.1) is 4.99 Å². The minimum atomic E-state index is -0.708. The maximum absolute atomic E-state index is 13.2. The summed E-state index contributed by atoms with van der Waals surface area (Å²) in [4.78, 5) is 31.5. The highest BCUT2D eigenvalue weighted by Crippen LogP contribution is 2.30. The van der Waals surface area contributed by atoms with Crippen LogP contribution < -0.4 is 0 Å². The smallest absolute Gasteiger partial charge is 0.445 e. The molecular weight excluding hydrogens is 354 g/mol. The maximum atomic E-state index is 13.2. The highest BCUT2D eigenvalue weighted by molar-refractivity contribution is 6.31. The molecule has 0 aliphatic carbocycles. The molecule has 0 saturated carbocycles. The van der Waals surface area contributed by atoms with Gasteiger partial charge in [0.1, 0.15) is 18.5 Å². The number of amidine groups is 1. The van der Waals surface area contributed by atoms with Crippen LogP contribution in [-0.4, -0.2) is 47.1 Å². The van der Waals surface area contributed by atoms with E-state index in [-0.39, 0.29) is 12.5 Å². The van der Waals surface area contributed by atoms with Crippen molar-refractivity contribution in [1.82, 2.24) is 4.90 Å². The molecule has 2 aliphatic heterocycles. The average Bonchev–Trinajstić information content (AvgIpc) is 2.64. The van der Waals surface area contributed by atoms with Crippen molar-refractivity contribution in [1.29, 1.82) is 0 Å². The van der Waals surface area contributed by atoms with Crippen LogP contribution in [-0.2, 0) is 16.1 Å². The predicted octanol–water partition coefficient (Wildman–Crippen LogP) is 3.24. The van der Waals surface area contributed by atoms with Crippen molar-refractivity contribution in [3.05, 3.63) is 46.2 Å². The van der Waals surface area contributed by atoms with Crippen LogP contribution in [0.2, 0.25) is 5.02 Å². The molecule has 0 aromatic heterocycles. The summed E-state index contributed by atoms with van der Waals surface area (Å²) in [5, 5.41) is 0.516. The zero-order valence-electron chi connectivity index (χ0n) is 15.0. The Kier molecular flexibility index (Phi) is 5.23. The van der Waals surface area contributed by atoms with Gasteiger partial charge in [0.05, 0.1) is 13.7 Å². The molecule has 1 aromatic rings. The molecule has 2 aliphatic rings. The molecule has 1 aromatic carbocycles. The standard InChI is InChI=1S/C19H21ClN3O3/c1-4-12-10-21-17-15(16(12)26-5-2)18(24)23(19(25)22(17)3)11-13-8-6-7-9-14(13)20/h6-10,15H,4-5,11H2,1-3H3/q+1. The number of aliphatic imine (C=N–C) groups is 1. The number of fused-ring (bicyclic) bond motifs is 1. The molecule has 0 saturated heterocycles. The van der Waals surface area contributed by atoms with Gasteiger partial charge in [-0.1, -0.05) is 36.7 Å². The van der Waals surface area contributed by atoms with Crippen molar-refractivity contribution in [2.24, 2.45) is 10.9 Å². The fraction of sp³-hybridized carbons (Fsp3) is 0.368. The van der Waals surface area contributed by atoms with E-state index in [2.05, 4.69) is 4.99 Å². The lowest BCUT2D eigenvalue weighted by Crippen LogP contribution is -2.54. The first-order chi connectivity index (χ1) is 12.5. The normalized spacial score (nSPS) is 20.0. The lowest BCUT2D eigenvalue weighted by molar-refractivity contribution is -0.409. The summed E-state index contributed by atoms with van der Waals surface area (Å²) in [6.45, 7) is 4.40. The molecule has 0 N–H and O–H groups in total. The maximum Gasteiger partial charge on any atom is 0.445 e. The number of halogens is 1. The molecule has 26 heavy (non-hydrogen) atoms. The molecule has 2 heterocycles. The fourth-order valence-corrected chi connectivity index (χ4v) is 3.35. The number of benzene rings is 1. The van der Waals surface area contributed by atoms with Crippen molar-refractivity contribution in [2.45, 2.75) is 26.8 Å². The SMILES string of the molecule is CCOC1=C(CC)C=NC2=[N+](C)C(=O)N(Cc3ccccc3Cl)C(=O)C12. The highest BCUT2D eigenvalue weighted by atomic mass is 35.5. The number of allylic oxidation sites excluding steroid dienone is 1. The second kappa shape index (κ2) is 7.41. The second-order valence-electron chi connectivity index (χ2n) is 6.08. The average molecular weight is 375 g/mol. The van der Waals surface area contributed by atoms with Crippen LogP contribution in [0.15, 0.2) is 40.6 Å². The Hall–Kier alpha value is -2.47. The fourth-order valence-electron chi connectivity index (χ4n) is 3.16. The van der Waals surface area contributed by atoms with Gasteiger partial charge in [0.2, 0.25) is 0 Å². The number of carbonyl (C=O) groups is 2. The number of dihydropyridines is 1. The molecule has 7 heteroatoms. The molecule has 3 rings (SSSR count). The molecule has 0 bridgehead atoms. The van der Waals surface area contributed by atoms with Crippen LogP contribution in [0.4, 0.5) is 4.79 Å². The number of urea groups is 1. The molecule has 1 atom stereocenters. The van der Waals surface area contributed by atoms with Gasteiger partial charge in [0.25, 0.3) is 5.84 Å². The van der Waals surface area contributed by atoms with E-state index in [1.54, 1.807) is 25.4 Å². The van der Waals surface area contributed by atoms with Gasteiger partial charge in [0.15, 0.2) is 5.92 Å². The van der Waals surface area contributed by atoms with Gasteiger partial charge in [-0.05, 0) is 19.4 Å². The number of rotatable bonds is 5. The molecule has 3 amide bonds. The summed E-state index contributed by atoms with van der Waals surface area (Å²) >= 11 is 6.21. The Labute approximate surface area is 157 Å². The zero-order chi connectivity index (χ0) is 18.8. The third kappa shape index (κ3) is 3.05. The number of nitrogens with zero attached hydrogens (tertiary/aromatic N) is 3. The van der Waals surface area contributed by atoms with E-state index in [9.17, 15) is 9.59 Å². The minimum absolute atomic E-state index is 0.107. The van der Waals surface area contributed by atoms with E-state index in [0.29, 0.717) is 35.2 Å². The Morgan fingerprint density at radius 2 is 2.00 bits per heavy atom. The number of amides is 3. The lowest BCUT2D eigenvalue weighted by Gasteiger charge is -2.29. The quantitative estimate of drug-likeness (QED) is 0.743. The topological polar surface area (TPSA) is 62.0 Å². The molecule has 0 spiro atoms. The summed E-state index contributed by atoms with van der Waals surface area (Å²) in [5.74, 6) is -0.0704. The minimum Gasteiger partial charge on any atom is -0.496 e. The molecule has 0 radical (unpaired) electrons. The predicted molar refractivity (Wildman–Crippen MR) is 99.5 cm³/mol. The van der Waals surface area contributed by atoms with E-state index < -0.39 is 11.9 Å². The van der Waals surface area contributed by atoms with E-state index in [1.807, 2.05) is 26.0 Å². The van der Waals surface area contributed by atoms with Gasteiger partial charge >= 0.3 is 11.9 Å². The zero-order valence-corrected chi connectivity index (χ0v) is 15.8. The number of imide groups is 1. The Bertz CT molecular complexity index is 857. The molecule has 6 nitrogen and oxygen atoms in total. The van der Waals surface area contributed by atoms with Crippen LogP contribution in [0.3, 0.4) is 0 Å². The number of carbonyl (C=O) groups excluding carboxylic acids is 2. The van der Waals surface area contributed by atoms with Crippen molar-refractivity contribution in [3.8, 4) is 0 Å². The van der Waals surface area contributed by atoms with Gasteiger partial charge in [-0.25, -0.2) is 4.79 Å². The van der Waals surface area contributed by atoms with Crippen molar-refractivity contribution < 1.29 is 18.9 Å². The molecule has 0 fully saturated rings. The molecule has 136 valence electrons. The lowest BCUT2D eigenvalue weighted by atomic mass is 9.94. The van der Waals surface area contributed by atoms with E-state index in [4.69, 9.17) is 16.3 Å². The van der Waals surface area contributed by atoms with Crippen LogP contribution in [0.5, 0.6) is 0 Å². The number of ether oxygens (including phenoxy) is 1. The second-order valence-corrected chi connectivity index (χ2v) is 6.49. The number of hydrogen-bond acceptors (Lipinski definition) is 4. The molecular formula is C19H21ClN3O3+. The van der Waals surface area contributed by atoms with Crippen molar-refractivity contribution >= 4 is 35.6 Å². The van der Waals surface area contributed by atoms with E-state index >= 15 is 0 Å². The Balaban J connectivity index is 2.04. The monoisotopic (exact) mass is 374 g/mol. The van der Waals surface area contributed by atoms with Crippen LogP contribution in [0.25, 0.3) is 0 Å². The van der Waals surface area contributed by atoms with Gasteiger partial charge < -0.3 is 4.74 Å². The van der Waals surface area contributed by atoms with Crippen LogP contribution in [0, 0.1) is 5.92 Å². The first-order valence-corrected chi connectivity index (χ1v) is 8.96. The third-order valence-electron chi connectivity index (χ3n) is 4.53. The van der Waals surface area contributed by atoms with Crippen molar-refractivity contribution in [2.75, 3.05) is 13.7 Å². The highest BCUT2D eigenvalue weighted by Gasteiger charge is 2.50. The first kappa shape index (κ1) is 18.3. The van der Waals surface area contributed by atoms with E-state index in [0.717, 1.165) is 5.57 Å². The summed E-state index contributed by atoms with van der Waals surface area (Å²) in [5.41, 5.74) is 1.58. The summed E-state index contributed by atoms with van der Waals surface area (Å²) in [7, 11) is 1.62. The van der Waals surface area contributed by atoms with Crippen molar-refractivity contribution in [3.63, 3.8) is 0 Å². The Morgan fingerprint density at radius 3 is 2.65 bits per heavy atom. The van der Waals surface area contributed by atoms with Gasteiger partial charge in [-0.3, -0.25) is 4.79 Å². The number of hydrogen-bond donors (Lipinski definition) is 0. The summed E-state index contributed by atoms with van der Waals surface area (Å²) in [6, 6.07) is 6.76. The molecule has 1 unspecified atom stereocenters. The van der Waals surface area contributed by atoms with E-state index in [1.165, 1.54) is 9.48 Å². The van der Waals surface area contributed by atoms with Gasteiger partial charge in [-0.2, -0.15) is 9.48 Å².